The van der Waals surface area contributed by atoms with E-state index in [1.807, 2.05) is 26.8 Å². The van der Waals surface area contributed by atoms with E-state index in [0.717, 1.165) is 18.5 Å². The van der Waals surface area contributed by atoms with E-state index in [1.54, 1.807) is 11.1 Å². The second-order valence-corrected chi connectivity index (χ2v) is 5.93. The number of amides is 1. The molecule has 1 atom stereocenters. The van der Waals surface area contributed by atoms with Crippen molar-refractivity contribution in [3.63, 3.8) is 0 Å². The van der Waals surface area contributed by atoms with Gasteiger partial charge < -0.3 is 10.5 Å². The van der Waals surface area contributed by atoms with Crippen LogP contribution in [0.1, 0.15) is 51.2 Å². The SMILES string of the molecule is CC(C)(C)OC(=O)N1CCCC1c1ccnc(CN)n1.Cl. The molecule has 0 aliphatic carbocycles. The van der Waals surface area contributed by atoms with Crippen LogP contribution in [0.4, 0.5) is 4.79 Å². The number of hydrogen-bond donors (Lipinski definition) is 1. The highest BCUT2D eigenvalue weighted by Gasteiger charge is 2.33. The van der Waals surface area contributed by atoms with Crippen LogP contribution in [0, 0.1) is 0 Å². The molecule has 1 aliphatic heterocycles. The van der Waals surface area contributed by atoms with Gasteiger partial charge in [0.2, 0.25) is 0 Å². The highest BCUT2D eigenvalue weighted by Crippen LogP contribution is 2.31. The van der Waals surface area contributed by atoms with Crippen molar-refractivity contribution in [1.82, 2.24) is 14.9 Å². The fourth-order valence-corrected chi connectivity index (χ4v) is 2.31. The van der Waals surface area contributed by atoms with Gasteiger partial charge in [0.1, 0.15) is 11.4 Å². The maximum absolute atomic E-state index is 12.2. The normalized spacial score (nSPS) is 18.3. The summed E-state index contributed by atoms with van der Waals surface area (Å²) in [5.41, 5.74) is 5.91. The van der Waals surface area contributed by atoms with E-state index in [9.17, 15) is 4.79 Å². The van der Waals surface area contributed by atoms with Crippen molar-refractivity contribution in [2.45, 2.75) is 51.8 Å². The quantitative estimate of drug-likeness (QED) is 0.906. The number of hydrogen-bond acceptors (Lipinski definition) is 5. The van der Waals surface area contributed by atoms with Gasteiger partial charge in [-0.1, -0.05) is 0 Å². The summed E-state index contributed by atoms with van der Waals surface area (Å²) in [6.07, 6.45) is 3.25. The number of carbonyl (C=O) groups excluding carboxylic acids is 1. The lowest BCUT2D eigenvalue weighted by Crippen LogP contribution is -2.36. The van der Waals surface area contributed by atoms with Crippen LogP contribution >= 0.6 is 12.4 Å². The van der Waals surface area contributed by atoms with Crippen molar-refractivity contribution >= 4 is 18.5 Å². The van der Waals surface area contributed by atoms with Gasteiger partial charge in [0, 0.05) is 12.7 Å². The van der Waals surface area contributed by atoms with E-state index >= 15 is 0 Å². The Bertz CT molecular complexity index is 490. The van der Waals surface area contributed by atoms with E-state index < -0.39 is 5.60 Å². The Morgan fingerprint density at radius 2 is 2.24 bits per heavy atom. The Balaban J connectivity index is 0.00000220. The van der Waals surface area contributed by atoms with Crippen molar-refractivity contribution in [1.29, 1.82) is 0 Å². The third-order valence-electron chi connectivity index (χ3n) is 3.13. The van der Waals surface area contributed by atoms with Crippen LogP contribution in [0.3, 0.4) is 0 Å². The van der Waals surface area contributed by atoms with E-state index in [4.69, 9.17) is 10.5 Å². The largest absolute Gasteiger partial charge is 0.444 e. The molecular formula is C14H23ClN4O2. The fourth-order valence-electron chi connectivity index (χ4n) is 2.31. The molecule has 0 spiro atoms. The average Bonchev–Trinajstić information content (AvgIpc) is 2.86. The van der Waals surface area contributed by atoms with Crippen molar-refractivity contribution in [2.75, 3.05) is 6.54 Å². The van der Waals surface area contributed by atoms with Gasteiger partial charge in [0.25, 0.3) is 0 Å². The lowest BCUT2D eigenvalue weighted by atomic mass is 10.1. The van der Waals surface area contributed by atoms with Crippen molar-refractivity contribution in [3.05, 3.63) is 23.8 Å². The van der Waals surface area contributed by atoms with Gasteiger partial charge in [-0.05, 0) is 39.7 Å². The second kappa shape index (κ2) is 7.04. The van der Waals surface area contributed by atoms with Crippen LogP contribution in [0.5, 0.6) is 0 Å². The van der Waals surface area contributed by atoms with E-state index in [1.165, 1.54) is 0 Å². The summed E-state index contributed by atoms with van der Waals surface area (Å²) in [4.78, 5) is 22.5. The Kier molecular flexibility index (Phi) is 5.92. The Morgan fingerprint density at radius 3 is 2.86 bits per heavy atom. The maximum Gasteiger partial charge on any atom is 0.410 e. The lowest BCUT2D eigenvalue weighted by molar-refractivity contribution is 0.0221. The topological polar surface area (TPSA) is 81.3 Å². The molecule has 1 aliphatic rings. The average molecular weight is 315 g/mol. The lowest BCUT2D eigenvalue weighted by Gasteiger charge is -2.28. The molecule has 21 heavy (non-hydrogen) atoms. The molecule has 1 aromatic rings. The van der Waals surface area contributed by atoms with Crippen LogP contribution < -0.4 is 5.73 Å². The van der Waals surface area contributed by atoms with Crippen molar-refractivity contribution in [2.24, 2.45) is 5.73 Å². The van der Waals surface area contributed by atoms with Gasteiger partial charge in [-0.3, -0.25) is 4.90 Å². The van der Waals surface area contributed by atoms with Gasteiger partial charge in [-0.25, -0.2) is 14.8 Å². The zero-order valence-corrected chi connectivity index (χ0v) is 13.5. The number of likely N-dealkylation sites (tertiary alicyclic amines) is 1. The smallest absolute Gasteiger partial charge is 0.410 e. The number of halogens is 1. The first-order chi connectivity index (χ1) is 9.40. The molecule has 2 heterocycles. The zero-order chi connectivity index (χ0) is 14.8. The number of aromatic nitrogens is 2. The molecule has 1 saturated heterocycles. The highest BCUT2D eigenvalue weighted by atomic mass is 35.5. The molecule has 6 nitrogen and oxygen atoms in total. The van der Waals surface area contributed by atoms with Gasteiger partial charge in [0.05, 0.1) is 18.3 Å². The molecule has 1 unspecified atom stereocenters. The molecule has 0 saturated carbocycles. The summed E-state index contributed by atoms with van der Waals surface area (Å²) in [7, 11) is 0. The van der Waals surface area contributed by atoms with Gasteiger partial charge in [0.15, 0.2) is 0 Å². The molecule has 118 valence electrons. The number of carbonyl (C=O) groups is 1. The van der Waals surface area contributed by atoms with Gasteiger partial charge >= 0.3 is 6.09 Å². The molecular weight excluding hydrogens is 292 g/mol. The first-order valence-corrected chi connectivity index (χ1v) is 6.92. The van der Waals surface area contributed by atoms with Gasteiger partial charge in [-0.15, -0.1) is 12.4 Å². The molecule has 7 heteroatoms. The molecule has 1 fully saturated rings. The summed E-state index contributed by atoms with van der Waals surface area (Å²) < 4.78 is 5.45. The summed E-state index contributed by atoms with van der Waals surface area (Å²) >= 11 is 0. The number of nitrogens with two attached hydrogens (primary N) is 1. The van der Waals surface area contributed by atoms with Crippen molar-refractivity contribution in [3.8, 4) is 0 Å². The van der Waals surface area contributed by atoms with Crippen LogP contribution in [0.25, 0.3) is 0 Å². The minimum Gasteiger partial charge on any atom is -0.444 e. The first kappa shape index (κ1) is 17.7. The standard InChI is InChI=1S/C14H22N4O2.ClH/c1-14(2,3)20-13(19)18-8-4-5-11(18)10-6-7-16-12(9-15)17-10;/h6-7,11H,4-5,8-9,15H2,1-3H3;1H. The molecule has 2 N–H and O–H groups in total. The first-order valence-electron chi connectivity index (χ1n) is 6.92. The Hall–Kier alpha value is -1.40. The van der Waals surface area contributed by atoms with Crippen molar-refractivity contribution < 1.29 is 9.53 Å². The molecule has 0 radical (unpaired) electrons. The highest BCUT2D eigenvalue weighted by molar-refractivity contribution is 5.85. The third kappa shape index (κ3) is 4.54. The molecule has 1 amide bonds. The Labute approximate surface area is 131 Å². The van der Waals surface area contributed by atoms with Crippen LogP contribution in [-0.2, 0) is 11.3 Å². The summed E-state index contributed by atoms with van der Waals surface area (Å²) in [5.74, 6) is 0.596. The minimum atomic E-state index is -0.488. The fraction of sp³-hybridized carbons (Fsp3) is 0.643. The zero-order valence-electron chi connectivity index (χ0n) is 12.7. The third-order valence-corrected chi connectivity index (χ3v) is 3.13. The summed E-state index contributed by atoms with van der Waals surface area (Å²) in [6.45, 7) is 6.60. The van der Waals surface area contributed by atoms with E-state index in [0.29, 0.717) is 18.9 Å². The van der Waals surface area contributed by atoms with E-state index in [-0.39, 0.29) is 24.5 Å². The molecule has 2 rings (SSSR count). The summed E-state index contributed by atoms with van der Waals surface area (Å²) in [6, 6.07) is 1.80. The Morgan fingerprint density at radius 1 is 1.52 bits per heavy atom. The van der Waals surface area contributed by atoms with Crippen LogP contribution in [0.15, 0.2) is 12.3 Å². The second-order valence-electron chi connectivity index (χ2n) is 5.93. The monoisotopic (exact) mass is 314 g/mol. The van der Waals surface area contributed by atoms with Crippen LogP contribution in [-0.4, -0.2) is 33.1 Å². The number of ether oxygens (including phenoxy) is 1. The molecule has 1 aromatic heterocycles. The predicted molar refractivity (Wildman–Crippen MR) is 82.1 cm³/mol. The number of nitrogens with zero attached hydrogens (tertiary/aromatic N) is 3. The molecule has 0 bridgehead atoms. The minimum absolute atomic E-state index is 0. The molecule has 0 aromatic carbocycles. The van der Waals surface area contributed by atoms with E-state index in [2.05, 4.69) is 9.97 Å². The maximum atomic E-state index is 12.2. The summed E-state index contributed by atoms with van der Waals surface area (Å²) in [5, 5.41) is 0. The number of rotatable bonds is 2. The van der Waals surface area contributed by atoms with Crippen LogP contribution in [0.2, 0.25) is 0 Å². The van der Waals surface area contributed by atoms with Gasteiger partial charge in [-0.2, -0.15) is 0 Å². The predicted octanol–water partition coefficient (Wildman–Crippen LogP) is 2.43.